The van der Waals surface area contributed by atoms with Gasteiger partial charge in [-0.1, -0.05) is 0 Å². The van der Waals surface area contributed by atoms with E-state index in [0.29, 0.717) is 32.5 Å². The number of nitrogens with zero attached hydrogens (tertiary/aromatic N) is 2. The van der Waals surface area contributed by atoms with E-state index in [1.807, 2.05) is 24.0 Å². The molecule has 2 fully saturated rings. The van der Waals surface area contributed by atoms with Crippen molar-refractivity contribution in [3.63, 3.8) is 0 Å². The highest BCUT2D eigenvalue weighted by atomic mass is 32.2. The molecule has 0 spiro atoms. The molecule has 3 heterocycles. The molecule has 2 aliphatic rings. The zero-order valence-electron chi connectivity index (χ0n) is 14.4. The lowest BCUT2D eigenvalue weighted by Gasteiger charge is -2.46. The zero-order chi connectivity index (χ0) is 17.3. The van der Waals surface area contributed by atoms with E-state index < -0.39 is 10.0 Å². The first-order chi connectivity index (χ1) is 11.4. The Morgan fingerprint density at radius 3 is 2.75 bits per heavy atom. The third kappa shape index (κ3) is 3.52. The van der Waals surface area contributed by atoms with Crippen molar-refractivity contribution in [3.05, 3.63) is 23.7 Å². The first-order valence-corrected chi connectivity index (χ1v) is 10.3. The van der Waals surface area contributed by atoms with Crippen molar-refractivity contribution in [2.75, 3.05) is 25.4 Å². The van der Waals surface area contributed by atoms with Crippen LogP contribution >= 0.6 is 0 Å². The molecule has 1 aromatic rings. The predicted octanol–water partition coefficient (Wildman–Crippen LogP) is 1.79. The third-order valence-corrected chi connectivity index (χ3v) is 7.11. The number of furan rings is 1. The summed E-state index contributed by atoms with van der Waals surface area (Å²) in [6, 6.07) is 4.05. The molecule has 6 nitrogen and oxygen atoms in total. The second-order valence-corrected chi connectivity index (χ2v) is 9.02. The average molecular weight is 354 g/mol. The summed E-state index contributed by atoms with van der Waals surface area (Å²) in [5.41, 5.74) is 0. The van der Waals surface area contributed by atoms with E-state index in [1.54, 1.807) is 11.2 Å². The first-order valence-electron chi connectivity index (χ1n) is 8.73. The van der Waals surface area contributed by atoms with Crippen molar-refractivity contribution < 1.29 is 17.6 Å². The summed E-state index contributed by atoms with van der Waals surface area (Å²) in [5, 5.41) is 0. The van der Waals surface area contributed by atoms with Crippen molar-refractivity contribution in [1.82, 2.24) is 9.21 Å². The van der Waals surface area contributed by atoms with Crippen LogP contribution in [-0.2, 0) is 21.2 Å². The number of carbonyl (C=O) groups excluding carboxylic acids is 1. The van der Waals surface area contributed by atoms with E-state index in [1.165, 1.54) is 0 Å². The first kappa shape index (κ1) is 17.5. The highest BCUT2D eigenvalue weighted by molar-refractivity contribution is 7.89. The fourth-order valence-corrected chi connectivity index (χ4v) is 5.06. The molecule has 2 atom stereocenters. The molecule has 1 amide bonds. The van der Waals surface area contributed by atoms with Gasteiger partial charge in [-0.15, -0.1) is 0 Å². The van der Waals surface area contributed by atoms with Crippen molar-refractivity contribution in [3.8, 4) is 0 Å². The second kappa shape index (κ2) is 6.88. The molecular formula is C17H26N2O4S. The summed E-state index contributed by atoms with van der Waals surface area (Å²) in [6.07, 6.45) is 2.74. The van der Waals surface area contributed by atoms with Crippen molar-refractivity contribution in [1.29, 1.82) is 0 Å². The van der Waals surface area contributed by atoms with Crippen LogP contribution in [0.1, 0.15) is 37.7 Å². The molecule has 134 valence electrons. The van der Waals surface area contributed by atoms with Gasteiger partial charge in [-0.25, -0.2) is 12.7 Å². The number of likely N-dealkylation sites (tertiary alicyclic amines) is 1. The Morgan fingerprint density at radius 1 is 1.29 bits per heavy atom. The smallest absolute Gasteiger partial charge is 0.222 e. The van der Waals surface area contributed by atoms with Gasteiger partial charge in [-0.2, -0.15) is 0 Å². The maximum Gasteiger partial charge on any atom is 0.222 e. The van der Waals surface area contributed by atoms with E-state index in [9.17, 15) is 13.2 Å². The van der Waals surface area contributed by atoms with E-state index in [-0.39, 0.29) is 23.6 Å². The molecule has 24 heavy (non-hydrogen) atoms. The lowest BCUT2D eigenvalue weighted by atomic mass is 9.84. The molecule has 2 aliphatic heterocycles. The van der Waals surface area contributed by atoms with Gasteiger partial charge in [0.05, 0.1) is 5.75 Å². The lowest BCUT2D eigenvalue weighted by Crippen LogP contribution is -2.57. The summed E-state index contributed by atoms with van der Waals surface area (Å²) in [4.78, 5) is 14.3. The van der Waals surface area contributed by atoms with E-state index in [0.717, 1.165) is 24.4 Å². The quantitative estimate of drug-likeness (QED) is 0.808. The Balaban J connectivity index is 1.66. The highest BCUT2D eigenvalue weighted by Crippen LogP contribution is 2.32. The van der Waals surface area contributed by atoms with Crippen LogP contribution in [0.2, 0.25) is 0 Å². The van der Waals surface area contributed by atoms with E-state index in [2.05, 4.69) is 0 Å². The topological polar surface area (TPSA) is 70.8 Å². The molecule has 0 unspecified atom stereocenters. The fourth-order valence-electron chi connectivity index (χ4n) is 3.89. The second-order valence-electron chi connectivity index (χ2n) is 6.76. The number of hydrogen-bond donors (Lipinski definition) is 0. The molecule has 7 heteroatoms. The maximum absolute atomic E-state index is 12.4. The Hall–Kier alpha value is -1.34. The molecule has 0 bridgehead atoms. The standard InChI is InChI=1S/C17H26N2O4S/c1-3-24(21,22)18-10-9-16-14(12-18)5-7-17(20)19(16)11-8-15-6-4-13(2)23-15/h4,6,14,16H,3,5,7-12H2,1-2H3/t14-,16+/m0/s1. The Bertz CT molecular complexity index is 697. The lowest BCUT2D eigenvalue weighted by molar-refractivity contribution is -0.140. The van der Waals surface area contributed by atoms with Crippen molar-refractivity contribution >= 4 is 15.9 Å². The van der Waals surface area contributed by atoms with E-state index in [4.69, 9.17) is 4.42 Å². The molecule has 0 radical (unpaired) electrons. The van der Waals surface area contributed by atoms with Crippen molar-refractivity contribution in [2.45, 2.75) is 45.6 Å². The number of carbonyl (C=O) groups is 1. The normalized spacial score (nSPS) is 25.8. The summed E-state index contributed by atoms with van der Waals surface area (Å²) >= 11 is 0. The van der Waals surface area contributed by atoms with Gasteiger partial charge in [0.2, 0.25) is 15.9 Å². The number of sulfonamides is 1. The molecule has 0 aliphatic carbocycles. The van der Waals surface area contributed by atoms with E-state index >= 15 is 0 Å². The minimum absolute atomic E-state index is 0.144. The average Bonchev–Trinajstić information content (AvgIpc) is 2.99. The number of fused-ring (bicyclic) bond motifs is 1. The van der Waals surface area contributed by atoms with Crippen LogP contribution in [0.5, 0.6) is 0 Å². The molecule has 0 aromatic carbocycles. The van der Waals surface area contributed by atoms with Crippen LogP contribution in [-0.4, -0.2) is 55.0 Å². The largest absolute Gasteiger partial charge is 0.466 e. The number of aryl methyl sites for hydroxylation is 1. The highest BCUT2D eigenvalue weighted by Gasteiger charge is 2.41. The van der Waals surface area contributed by atoms with Gasteiger partial charge < -0.3 is 9.32 Å². The molecule has 2 saturated heterocycles. The number of rotatable bonds is 5. The van der Waals surface area contributed by atoms with Gasteiger partial charge in [0.25, 0.3) is 0 Å². The monoisotopic (exact) mass is 354 g/mol. The molecule has 3 rings (SSSR count). The Morgan fingerprint density at radius 2 is 2.08 bits per heavy atom. The van der Waals surface area contributed by atoms with Gasteiger partial charge >= 0.3 is 0 Å². The van der Waals surface area contributed by atoms with Gasteiger partial charge in [0.1, 0.15) is 11.5 Å². The number of amides is 1. The van der Waals surface area contributed by atoms with Crippen molar-refractivity contribution in [2.24, 2.45) is 5.92 Å². The fraction of sp³-hybridized carbons (Fsp3) is 0.706. The number of piperidine rings is 2. The number of hydrogen-bond acceptors (Lipinski definition) is 4. The molecule has 0 N–H and O–H groups in total. The van der Waals surface area contributed by atoms with Crippen LogP contribution < -0.4 is 0 Å². The summed E-state index contributed by atoms with van der Waals surface area (Å²) < 4.78 is 31.4. The van der Waals surface area contributed by atoms with Crippen LogP contribution in [0, 0.1) is 12.8 Å². The predicted molar refractivity (Wildman–Crippen MR) is 91.0 cm³/mol. The Kier molecular flexibility index (Phi) is 5.01. The van der Waals surface area contributed by atoms with Crippen LogP contribution in [0.25, 0.3) is 0 Å². The minimum atomic E-state index is -3.14. The van der Waals surface area contributed by atoms with Crippen LogP contribution in [0.3, 0.4) is 0 Å². The third-order valence-electron chi connectivity index (χ3n) is 5.26. The van der Waals surface area contributed by atoms with Crippen LogP contribution in [0.4, 0.5) is 0 Å². The van der Waals surface area contributed by atoms with Crippen LogP contribution in [0.15, 0.2) is 16.5 Å². The SMILES string of the molecule is CCS(=O)(=O)N1CC[C@@H]2[C@@H](CCC(=O)N2CCc2ccc(C)o2)C1. The summed E-state index contributed by atoms with van der Waals surface area (Å²) in [6.45, 7) is 5.30. The minimum Gasteiger partial charge on any atom is -0.466 e. The Labute approximate surface area is 143 Å². The summed E-state index contributed by atoms with van der Waals surface area (Å²) in [5.74, 6) is 2.35. The molecule has 1 aromatic heterocycles. The molecule has 0 saturated carbocycles. The summed E-state index contributed by atoms with van der Waals surface area (Å²) in [7, 11) is -3.14. The maximum atomic E-state index is 12.4. The van der Waals surface area contributed by atoms with Gasteiger partial charge in [0, 0.05) is 38.5 Å². The van der Waals surface area contributed by atoms with Gasteiger partial charge in [-0.05, 0) is 44.7 Å². The van der Waals surface area contributed by atoms with Gasteiger partial charge in [-0.3, -0.25) is 4.79 Å². The molecular weight excluding hydrogens is 328 g/mol. The zero-order valence-corrected chi connectivity index (χ0v) is 15.2. The van der Waals surface area contributed by atoms with Gasteiger partial charge in [0.15, 0.2) is 0 Å².